The molecule has 0 unspecified atom stereocenters. The zero-order chi connectivity index (χ0) is 30.0. The van der Waals surface area contributed by atoms with Gasteiger partial charge >= 0.3 is 12.3 Å². The monoisotopic (exact) mass is 578 g/mol. The molecule has 0 spiro atoms. The third kappa shape index (κ3) is 8.59. The van der Waals surface area contributed by atoms with Gasteiger partial charge in [0.1, 0.15) is 18.1 Å². The third-order valence-electron chi connectivity index (χ3n) is 5.78. The van der Waals surface area contributed by atoms with Gasteiger partial charge in [-0.2, -0.15) is 0 Å². The highest BCUT2D eigenvalue weighted by molar-refractivity contribution is 6.08. The van der Waals surface area contributed by atoms with E-state index in [2.05, 4.69) is 15.2 Å². The first kappa shape index (κ1) is 29.7. The van der Waals surface area contributed by atoms with Gasteiger partial charge in [-0.15, -0.1) is 13.2 Å². The van der Waals surface area contributed by atoms with Gasteiger partial charge in [0.2, 0.25) is 0 Å². The van der Waals surface area contributed by atoms with Crippen LogP contribution in [0, 0.1) is 0 Å². The number of alkyl halides is 3. The Morgan fingerprint density at radius 3 is 2.26 bits per heavy atom. The molecule has 4 aromatic rings. The minimum atomic E-state index is -4.87. The van der Waals surface area contributed by atoms with Gasteiger partial charge < -0.3 is 24.7 Å². The Morgan fingerprint density at radius 1 is 0.857 bits per heavy atom. The van der Waals surface area contributed by atoms with Gasteiger partial charge in [-0.25, -0.2) is 4.79 Å². The molecule has 0 aliphatic heterocycles. The number of nitrogens with one attached hydrogen (secondary N) is 1. The Hall–Kier alpha value is -5.32. The number of anilines is 1. The summed E-state index contributed by atoms with van der Waals surface area (Å²) in [5.41, 5.74) is 2.74. The second-order valence-electron chi connectivity index (χ2n) is 8.76. The van der Waals surface area contributed by atoms with Crippen molar-refractivity contribution in [1.82, 2.24) is 0 Å². The number of ether oxygens (including phenoxy) is 2. The minimum absolute atomic E-state index is 0.00344. The first-order chi connectivity index (χ1) is 20.2. The fourth-order valence-corrected chi connectivity index (χ4v) is 3.86. The van der Waals surface area contributed by atoms with Crippen molar-refractivity contribution in [3.8, 4) is 22.6 Å². The summed E-state index contributed by atoms with van der Waals surface area (Å²) < 4.78 is 46.5. The van der Waals surface area contributed by atoms with E-state index in [0.717, 1.165) is 41.0 Å². The van der Waals surface area contributed by atoms with Crippen LogP contribution in [0.5, 0.6) is 11.5 Å². The van der Waals surface area contributed by atoms with Crippen LogP contribution in [0.3, 0.4) is 0 Å². The average Bonchev–Trinajstić information content (AvgIpc) is 2.97. The number of carbonyl (C=O) groups is 2. The Kier molecular flexibility index (Phi) is 9.77. The molecule has 0 fully saturated rings. The van der Waals surface area contributed by atoms with E-state index in [1.54, 1.807) is 6.21 Å². The molecule has 11 heteroatoms. The number of carboxylic acids is 1. The SMILES string of the molecule is O=C(Nc1cc(OCCCON=Cc2ccccc2-c2ccccc2)ccc1C(=O)O)c1ccc(OC(F)(F)F)cc1. The number of rotatable bonds is 12. The number of amides is 1. The van der Waals surface area contributed by atoms with Crippen LogP contribution in [0.4, 0.5) is 18.9 Å². The molecule has 4 aromatic carbocycles. The number of halogens is 3. The number of carbonyl (C=O) groups excluding carboxylic acids is 1. The summed E-state index contributed by atoms with van der Waals surface area (Å²) in [6.07, 6.45) is -2.76. The fourth-order valence-electron chi connectivity index (χ4n) is 3.86. The Bertz CT molecular complexity index is 1540. The van der Waals surface area contributed by atoms with Crippen molar-refractivity contribution in [3.05, 3.63) is 114 Å². The zero-order valence-electron chi connectivity index (χ0n) is 22.0. The zero-order valence-corrected chi connectivity index (χ0v) is 22.0. The molecule has 2 N–H and O–H groups in total. The number of hydrogen-bond donors (Lipinski definition) is 2. The van der Waals surface area contributed by atoms with Crippen LogP contribution in [0.2, 0.25) is 0 Å². The maximum Gasteiger partial charge on any atom is 0.573 e. The van der Waals surface area contributed by atoms with E-state index in [-0.39, 0.29) is 30.0 Å². The van der Waals surface area contributed by atoms with E-state index >= 15 is 0 Å². The van der Waals surface area contributed by atoms with Crippen molar-refractivity contribution in [2.24, 2.45) is 5.16 Å². The van der Waals surface area contributed by atoms with E-state index < -0.39 is 24.0 Å². The normalized spacial score (nSPS) is 11.2. The summed E-state index contributed by atoms with van der Waals surface area (Å²) in [4.78, 5) is 29.6. The molecule has 0 bridgehead atoms. The van der Waals surface area contributed by atoms with Gasteiger partial charge in [0.15, 0.2) is 0 Å². The van der Waals surface area contributed by atoms with Gasteiger partial charge in [-0.05, 0) is 47.5 Å². The molecule has 0 aliphatic rings. The second-order valence-corrected chi connectivity index (χ2v) is 8.76. The predicted octanol–water partition coefficient (Wildman–Crippen LogP) is 7.02. The molecule has 42 heavy (non-hydrogen) atoms. The van der Waals surface area contributed by atoms with Gasteiger partial charge in [0.05, 0.1) is 24.1 Å². The quantitative estimate of drug-likeness (QED) is 0.106. The van der Waals surface area contributed by atoms with E-state index in [1.807, 2.05) is 54.6 Å². The highest BCUT2D eigenvalue weighted by Crippen LogP contribution is 2.26. The van der Waals surface area contributed by atoms with Gasteiger partial charge in [0.25, 0.3) is 5.91 Å². The molecule has 1 amide bonds. The molecule has 0 atom stereocenters. The third-order valence-corrected chi connectivity index (χ3v) is 5.78. The van der Waals surface area contributed by atoms with Crippen LogP contribution in [0.1, 0.15) is 32.7 Å². The molecule has 0 heterocycles. The summed E-state index contributed by atoms with van der Waals surface area (Å²) in [6, 6.07) is 26.0. The average molecular weight is 579 g/mol. The summed E-state index contributed by atoms with van der Waals surface area (Å²) >= 11 is 0. The molecular formula is C31H25F3N2O6. The number of nitrogens with zero attached hydrogens (tertiary/aromatic N) is 1. The predicted molar refractivity (Wildman–Crippen MR) is 150 cm³/mol. The minimum Gasteiger partial charge on any atom is -0.493 e. The number of hydrogen-bond acceptors (Lipinski definition) is 6. The summed E-state index contributed by atoms with van der Waals surface area (Å²) in [5, 5.41) is 16.0. The van der Waals surface area contributed by atoms with Crippen LogP contribution in [-0.4, -0.2) is 42.8 Å². The molecule has 0 aliphatic carbocycles. The topological polar surface area (TPSA) is 106 Å². The number of aromatic carboxylic acids is 1. The molecule has 0 saturated heterocycles. The standard InChI is InChI=1S/C31H25F3N2O6/c32-31(33,34)42-24-13-11-22(12-14-24)29(37)36-28-19-25(15-16-27(28)30(38)39)40-17-6-18-41-35-20-23-9-4-5-10-26(23)21-7-2-1-3-8-21/h1-5,7-16,19-20H,6,17-18H2,(H,36,37)(H,38,39). The van der Waals surface area contributed by atoms with E-state index in [9.17, 15) is 27.9 Å². The Morgan fingerprint density at radius 2 is 1.55 bits per heavy atom. The van der Waals surface area contributed by atoms with Crippen LogP contribution in [0.25, 0.3) is 11.1 Å². The molecule has 0 aromatic heterocycles. The van der Waals surface area contributed by atoms with Crippen LogP contribution in [-0.2, 0) is 4.84 Å². The Labute approximate surface area is 239 Å². The highest BCUT2D eigenvalue weighted by atomic mass is 19.4. The lowest BCUT2D eigenvalue weighted by Gasteiger charge is -2.12. The van der Waals surface area contributed by atoms with Gasteiger partial charge in [-0.3, -0.25) is 4.79 Å². The maximum absolute atomic E-state index is 12.6. The van der Waals surface area contributed by atoms with E-state index in [1.165, 1.54) is 18.2 Å². The van der Waals surface area contributed by atoms with Crippen molar-refractivity contribution >= 4 is 23.8 Å². The van der Waals surface area contributed by atoms with Crippen LogP contribution in [0.15, 0.2) is 102 Å². The van der Waals surface area contributed by atoms with E-state index in [4.69, 9.17) is 9.57 Å². The number of benzene rings is 4. The van der Waals surface area contributed by atoms with Crippen molar-refractivity contribution < 1.29 is 42.2 Å². The number of carboxylic acid groups (broad SMARTS) is 1. The van der Waals surface area contributed by atoms with Crippen molar-refractivity contribution in [1.29, 1.82) is 0 Å². The first-order valence-electron chi connectivity index (χ1n) is 12.7. The molecule has 4 rings (SSSR count). The lowest BCUT2D eigenvalue weighted by molar-refractivity contribution is -0.274. The molecular weight excluding hydrogens is 553 g/mol. The number of oxime groups is 1. The van der Waals surface area contributed by atoms with Gasteiger partial charge in [-0.1, -0.05) is 59.8 Å². The van der Waals surface area contributed by atoms with Crippen molar-refractivity contribution in [2.75, 3.05) is 18.5 Å². The lowest BCUT2D eigenvalue weighted by atomic mass is 10.0. The van der Waals surface area contributed by atoms with Crippen molar-refractivity contribution in [2.45, 2.75) is 12.8 Å². The van der Waals surface area contributed by atoms with E-state index in [0.29, 0.717) is 12.2 Å². The molecule has 0 radical (unpaired) electrons. The molecule has 8 nitrogen and oxygen atoms in total. The highest BCUT2D eigenvalue weighted by Gasteiger charge is 2.31. The first-order valence-corrected chi connectivity index (χ1v) is 12.7. The largest absolute Gasteiger partial charge is 0.573 e. The summed E-state index contributed by atoms with van der Waals surface area (Å²) in [5.74, 6) is -2.21. The van der Waals surface area contributed by atoms with Crippen LogP contribution >= 0.6 is 0 Å². The van der Waals surface area contributed by atoms with Crippen LogP contribution < -0.4 is 14.8 Å². The summed E-state index contributed by atoms with van der Waals surface area (Å²) in [7, 11) is 0. The Balaban J connectivity index is 1.29. The van der Waals surface area contributed by atoms with Crippen molar-refractivity contribution in [3.63, 3.8) is 0 Å². The van der Waals surface area contributed by atoms with Gasteiger partial charge in [0, 0.05) is 23.6 Å². The second kappa shape index (κ2) is 13.8. The fraction of sp³-hybridized carbons (Fsp3) is 0.129. The molecule has 0 saturated carbocycles. The smallest absolute Gasteiger partial charge is 0.493 e. The maximum atomic E-state index is 12.6. The molecule has 216 valence electrons. The lowest BCUT2D eigenvalue weighted by Crippen LogP contribution is -2.17. The summed E-state index contributed by atoms with van der Waals surface area (Å²) in [6.45, 7) is 0.478.